The van der Waals surface area contributed by atoms with Crippen LogP contribution >= 0.6 is 0 Å². The Hall–Kier alpha value is -1.84. The van der Waals surface area contributed by atoms with Gasteiger partial charge in [-0.3, -0.25) is 4.79 Å². The summed E-state index contributed by atoms with van der Waals surface area (Å²) in [7, 11) is 0. The van der Waals surface area contributed by atoms with E-state index in [2.05, 4.69) is 30.3 Å². The van der Waals surface area contributed by atoms with Gasteiger partial charge < -0.3 is 22.2 Å². The first-order chi connectivity index (χ1) is 10.3. The van der Waals surface area contributed by atoms with Gasteiger partial charge in [-0.1, -0.05) is 48.5 Å². The average molecular weight is 317 g/mol. The van der Waals surface area contributed by atoms with Gasteiger partial charge in [0.05, 0.1) is 26.2 Å². The molecule has 0 radical (unpaired) electrons. The van der Waals surface area contributed by atoms with E-state index in [0.29, 0.717) is 0 Å². The van der Waals surface area contributed by atoms with Crippen LogP contribution in [0.2, 0.25) is 0 Å². The molecule has 116 valence electrons. The lowest BCUT2D eigenvalue weighted by Crippen LogP contribution is -3.13. The Morgan fingerprint density at radius 3 is 2.05 bits per heavy atom. The Bertz CT molecular complexity index is 581. The van der Waals surface area contributed by atoms with Gasteiger partial charge in [0.2, 0.25) is 0 Å². The van der Waals surface area contributed by atoms with Crippen molar-refractivity contribution in [3.8, 4) is 0 Å². The van der Waals surface area contributed by atoms with Gasteiger partial charge in [-0.15, -0.1) is 0 Å². The van der Waals surface area contributed by atoms with Crippen molar-refractivity contribution in [2.45, 2.75) is 6.54 Å². The molecule has 0 aromatic heterocycles. The third-order valence-electron chi connectivity index (χ3n) is 4.08. The van der Waals surface area contributed by atoms with Crippen molar-refractivity contribution in [2.75, 3.05) is 26.2 Å². The van der Waals surface area contributed by atoms with Gasteiger partial charge in [0, 0.05) is 11.1 Å². The van der Waals surface area contributed by atoms with E-state index in [-0.39, 0.29) is 18.3 Å². The number of hydrogen-bond acceptors (Lipinski definition) is 1. The fraction of sp³-hybridized carbons (Fsp3) is 0.278. The number of hydrogen-bond donors (Lipinski definition) is 1. The third-order valence-corrected chi connectivity index (χ3v) is 4.08. The number of nitrogens with one attached hydrogen (secondary N) is 1. The van der Waals surface area contributed by atoms with Crippen molar-refractivity contribution >= 4 is 5.91 Å². The number of benzene rings is 2. The van der Waals surface area contributed by atoms with Crippen molar-refractivity contribution in [1.29, 1.82) is 0 Å². The molecule has 1 N–H and O–H groups in total. The van der Waals surface area contributed by atoms with Gasteiger partial charge in [-0.05, 0) is 12.1 Å². The highest BCUT2D eigenvalue weighted by molar-refractivity contribution is 5.94. The molecule has 1 fully saturated rings. The Balaban J connectivity index is 0.00000176. The van der Waals surface area contributed by atoms with E-state index in [1.165, 1.54) is 5.56 Å². The zero-order chi connectivity index (χ0) is 14.5. The van der Waals surface area contributed by atoms with Crippen LogP contribution in [0.4, 0.5) is 0 Å². The van der Waals surface area contributed by atoms with Crippen molar-refractivity contribution in [2.24, 2.45) is 0 Å². The largest absolute Gasteiger partial charge is 1.00 e. The standard InChI is InChI=1S/C18H20N2O.ClH/c21-18(17-9-5-2-6-10-17)20-13-11-19(12-14-20)15-16-7-3-1-4-8-16;/h1-10H,11-15H2;1H. The van der Waals surface area contributed by atoms with Crippen LogP contribution in [0, 0.1) is 0 Å². The van der Waals surface area contributed by atoms with Crippen molar-refractivity contribution < 1.29 is 22.1 Å². The summed E-state index contributed by atoms with van der Waals surface area (Å²) in [5, 5.41) is 0. The van der Waals surface area contributed by atoms with Crippen LogP contribution in [0.25, 0.3) is 0 Å². The highest BCUT2D eigenvalue weighted by Gasteiger charge is 2.24. The molecule has 2 aromatic carbocycles. The van der Waals surface area contributed by atoms with Gasteiger partial charge in [0.25, 0.3) is 5.91 Å². The maximum absolute atomic E-state index is 12.4. The summed E-state index contributed by atoms with van der Waals surface area (Å²) in [6, 6.07) is 20.1. The van der Waals surface area contributed by atoms with Gasteiger partial charge in [-0.25, -0.2) is 0 Å². The fourth-order valence-electron chi connectivity index (χ4n) is 2.85. The lowest BCUT2D eigenvalue weighted by molar-refractivity contribution is -0.917. The predicted molar refractivity (Wildman–Crippen MR) is 83.2 cm³/mol. The summed E-state index contributed by atoms with van der Waals surface area (Å²) in [5.41, 5.74) is 2.17. The van der Waals surface area contributed by atoms with Gasteiger partial charge in [0.15, 0.2) is 0 Å². The molecule has 2 aromatic rings. The number of quaternary nitrogens is 1. The van der Waals surface area contributed by atoms with Crippen LogP contribution < -0.4 is 17.3 Å². The number of halogens is 1. The van der Waals surface area contributed by atoms with Crippen LogP contribution in [0.15, 0.2) is 60.7 Å². The molecule has 0 atom stereocenters. The van der Waals surface area contributed by atoms with E-state index < -0.39 is 0 Å². The number of piperazine rings is 1. The highest BCUT2D eigenvalue weighted by atomic mass is 35.5. The van der Waals surface area contributed by atoms with Crippen molar-refractivity contribution in [3.05, 3.63) is 71.8 Å². The Morgan fingerprint density at radius 1 is 0.909 bits per heavy atom. The van der Waals surface area contributed by atoms with Crippen molar-refractivity contribution in [3.63, 3.8) is 0 Å². The predicted octanol–water partition coefficient (Wildman–Crippen LogP) is -1.77. The Morgan fingerprint density at radius 2 is 1.45 bits per heavy atom. The number of carbonyl (C=O) groups is 1. The smallest absolute Gasteiger partial charge is 0.254 e. The van der Waals surface area contributed by atoms with Gasteiger partial charge >= 0.3 is 0 Å². The second-order valence-corrected chi connectivity index (χ2v) is 5.57. The van der Waals surface area contributed by atoms with Crippen molar-refractivity contribution in [1.82, 2.24) is 4.90 Å². The molecular weight excluding hydrogens is 296 g/mol. The van der Waals surface area contributed by atoms with Crippen LogP contribution in [-0.2, 0) is 6.54 Å². The molecule has 3 nitrogen and oxygen atoms in total. The van der Waals surface area contributed by atoms with E-state index in [4.69, 9.17) is 0 Å². The maximum Gasteiger partial charge on any atom is 0.254 e. The first kappa shape index (κ1) is 16.5. The lowest BCUT2D eigenvalue weighted by atomic mass is 10.1. The SMILES string of the molecule is O=C(c1ccccc1)N1CC[NH+](Cc2ccccc2)CC1.[Cl-]. The molecule has 1 saturated heterocycles. The van der Waals surface area contributed by atoms with Crippen LogP contribution in [0.3, 0.4) is 0 Å². The normalized spacial score (nSPS) is 15.2. The average Bonchev–Trinajstić information content (AvgIpc) is 2.57. The van der Waals surface area contributed by atoms with E-state index in [1.54, 1.807) is 4.90 Å². The number of rotatable bonds is 3. The highest BCUT2D eigenvalue weighted by Crippen LogP contribution is 2.05. The van der Waals surface area contributed by atoms with E-state index >= 15 is 0 Å². The minimum Gasteiger partial charge on any atom is -1.00 e. The molecule has 0 spiro atoms. The molecule has 0 aliphatic carbocycles. The monoisotopic (exact) mass is 316 g/mol. The number of carbonyl (C=O) groups excluding carboxylic acids is 1. The van der Waals surface area contributed by atoms with E-state index in [0.717, 1.165) is 38.3 Å². The third kappa shape index (κ3) is 4.09. The molecule has 22 heavy (non-hydrogen) atoms. The zero-order valence-electron chi connectivity index (χ0n) is 12.5. The first-order valence-corrected chi connectivity index (χ1v) is 7.55. The molecule has 3 rings (SSSR count). The summed E-state index contributed by atoms with van der Waals surface area (Å²) in [6.07, 6.45) is 0. The fourth-order valence-corrected chi connectivity index (χ4v) is 2.85. The topological polar surface area (TPSA) is 24.8 Å². The minimum atomic E-state index is 0. The molecule has 1 aliphatic heterocycles. The Kier molecular flexibility index (Phi) is 5.99. The first-order valence-electron chi connectivity index (χ1n) is 7.55. The number of nitrogens with zero attached hydrogens (tertiary/aromatic N) is 1. The summed E-state index contributed by atoms with van der Waals surface area (Å²) >= 11 is 0. The minimum absolute atomic E-state index is 0. The van der Waals surface area contributed by atoms with Crippen LogP contribution in [-0.4, -0.2) is 37.0 Å². The molecule has 1 amide bonds. The van der Waals surface area contributed by atoms with Crippen LogP contribution in [0.1, 0.15) is 15.9 Å². The van der Waals surface area contributed by atoms with Crippen LogP contribution in [0.5, 0.6) is 0 Å². The van der Waals surface area contributed by atoms with Gasteiger partial charge in [0.1, 0.15) is 6.54 Å². The molecule has 0 saturated carbocycles. The molecule has 4 heteroatoms. The summed E-state index contributed by atoms with van der Waals surface area (Å²) in [4.78, 5) is 15.9. The summed E-state index contributed by atoms with van der Waals surface area (Å²) in [6.45, 7) is 4.78. The zero-order valence-corrected chi connectivity index (χ0v) is 13.3. The maximum atomic E-state index is 12.4. The van der Waals surface area contributed by atoms with Gasteiger partial charge in [-0.2, -0.15) is 0 Å². The quantitative estimate of drug-likeness (QED) is 0.712. The van der Waals surface area contributed by atoms with E-state index in [9.17, 15) is 4.79 Å². The molecule has 1 heterocycles. The molecule has 0 unspecified atom stereocenters. The molecule has 0 bridgehead atoms. The lowest BCUT2D eigenvalue weighted by Gasteiger charge is -2.32. The second-order valence-electron chi connectivity index (χ2n) is 5.57. The summed E-state index contributed by atoms with van der Waals surface area (Å²) < 4.78 is 0. The molecular formula is C18H21ClN2O. The van der Waals surface area contributed by atoms with E-state index in [1.807, 2.05) is 35.2 Å². The second kappa shape index (κ2) is 7.97. The Labute approximate surface area is 138 Å². The summed E-state index contributed by atoms with van der Waals surface area (Å²) in [5.74, 6) is 0.161. The molecule has 1 aliphatic rings. The number of amides is 1.